The second-order valence-electron chi connectivity index (χ2n) is 7.78. The molecule has 5 atom stereocenters. The van der Waals surface area contributed by atoms with Gasteiger partial charge in [-0.25, -0.2) is 0 Å². The molecule has 0 nitrogen and oxygen atoms in total. The normalized spacial score (nSPS) is 33.4. The third kappa shape index (κ3) is 2.28. The standard InChI is InChI=1S/C24H24/c1-2-8-17(9-3-1)24-22-13-7-6-12-20(22)15-21-14-18-10-4-5-11-19(18)16-23(21)24/h1-13,18-19,21,23-24H,14-16H2. The summed E-state index contributed by atoms with van der Waals surface area (Å²) in [4.78, 5) is 0. The molecular weight excluding hydrogens is 288 g/mol. The molecule has 5 unspecified atom stereocenters. The fraction of sp³-hybridized carbons (Fsp3) is 0.333. The number of hydrogen-bond acceptors (Lipinski definition) is 0. The van der Waals surface area contributed by atoms with Crippen LogP contribution in [0.15, 0.2) is 78.9 Å². The molecule has 0 aromatic heterocycles. The lowest BCUT2D eigenvalue weighted by Gasteiger charge is -2.47. The fourth-order valence-electron chi connectivity index (χ4n) is 5.50. The Morgan fingerprint density at radius 3 is 2.25 bits per heavy atom. The van der Waals surface area contributed by atoms with Crippen molar-refractivity contribution in [2.45, 2.75) is 25.2 Å². The van der Waals surface area contributed by atoms with Gasteiger partial charge in [-0.2, -0.15) is 0 Å². The fourth-order valence-corrected chi connectivity index (χ4v) is 5.50. The molecule has 0 bridgehead atoms. The van der Waals surface area contributed by atoms with E-state index in [-0.39, 0.29) is 0 Å². The van der Waals surface area contributed by atoms with Crippen LogP contribution in [0.1, 0.15) is 35.4 Å². The molecule has 0 saturated heterocycles. The van der Waals surface area contributed by atoms with Crippen LogP contribution >= 0.6 is 0 Å². The van der Waals surface area contributed by atoms with E-state index in [1.54, 1.807) is 11.1 Å². The Morgan fingerprint density at radius 1 is 0.708 bits per heavy atom. The highest BCUT2D eigenvalue weighted by molar-refractivity contribution is 5.42. The summed E-state index contributed by atoms with van der Waals surface area (Å²) < 4.78 is 0. The zero-order valence-electron chi connectivity index (χ0n) is 14.0. The molecule has 0 heteroatoms. The van der Waals surface area contributed by atoms with Crippen molar-refractivity contribution in [3.63, 3.8) is 0 Å². The van der Waals surface area contributed by atoms with E-state index in [0.717, 1.165) is 23.7 Å². The molecule has 3 aliphatic rings. The van der Waals surface area contributed by atoms with Crippen LogP contribution in [0.5, 0.6) is 0 Å². The summed E-state index contributed by atoms with van der Waals surface area (Å²) in [6, 6.07) is 20.4. The van der Waals surface area contributed by atoms with Crippen LogP contribution in [-0.2, 0) is 6.42 Å². The lowest BCUT2D eigenvalue weighted by Crippen LogP contribution is -2.39. The van der Waals surface area contributed by atoms with Gasteiger partial charge in [0.05, 0.1) is 0 Å². The van der Waals surface area contributed by atoms with Crippen LogP contribution < -0.4 is 0 Å². The monoisotopic (exact) mass is 312 g/mol. The van der Waals surface area contributed by atoms with Crippen LogP contribution in [0.3, 0.4) is 0 Å². The third-order valence-corrected chi connectivity index (χ3v) is 6.56. The van der Waals surface area contributed by atoms with Crippen molar-refractivity contribution in [2.75, 3.05) is 0 Å². The van der Waals surface area contributed by atoms with Crippen molar-refractivity contribution in [2.24, 2.45) is 23.7 Å². The topological polar surface area (TPSA) is 0 Å². The predicted molar refractivity (Wildman–Crippen MR) is 99.9 cm³/mol. The van der Waals surface area contributed by atoms with Gasteiger partial charge < -0.3 is 0 Å². The molecule has 120 valence electrons. The van der Waals surface area contributed by atoms with E-state index in [1.165, 1.54) is 24.8 Å². The van der Waals surface area contributed by atoms with E-state index in [0.29, 0.717) is 5.92 Å². The smallest absolute Gasteiger partial charge is 0.0123 e. The molecule has 0 spiro atoms. The van der Waals surface area contributed by atoms with Gasteiger partial charge >= 0.3 is 0 Å². The minimum atomic E-state index is 0.571. The van der Waals surface area contributed by atoms with E-state index in [1.807, 2.05) is 0 Å². The zero-order valence-corrected chi connectivity index (χ0v) is 14.0. The molecule has 0 N–H and O–H groups in total. The Balaban J connectivity index is 1.60. The van der Waals surface area contributed by atoms with Gasteiger partial charge in [0.25, 0.3) is 0 Å². The summed E-state index contributed by atoms with van der Waals surface area (Å²) in [5, 5.41) is 0. The molecule has 5 rings (SSSR count). The summed E-state index contributed by atoms with van der Waals surface area (Å²) in [6.45, 7) is 0. The van der Waals surface area contributed by atoms with Crippen LogP contribution in [0.4, 0.5) is 0 Å². The largest absolute Gasteiger partial charge is 0.0808 e. The molecule has 3 aliphatic carbocycles. The zero-order chi connectivity index (χ0) is 15.9. The van der Waals surface area contributed by atoms with E-state index < -0.39 is 0 Å². The van der Waals surface area contributed by atoms with Gasteiger partial charge in [0.2, 0.25) is 0 Å². The van der Waals surface area contributed by atoms with Crippen molar-refractivity contribution in [1.82, 2.24) is 0 Å². The molecule has 0 heterocycles. The van der Waals surface area contributed by atoms with Gasteiger partial charge in [-0.05, 0) is 59.6 Å². The maximum absolute atomic E-state index is 2.46. The second kappa shape index (κ2) is 5.77. The predicted octanol–water partition coefficient (Wildman–Crippen LogP) is 5.76. The highest BCUT2D eigenvalue weighted by atomic mass is 14.5. The van der Waals surface area contributed by atoms with E-state index >= 15 is 0 Å². The Morgan fingerprint density at radius 2 is 1.42 bits per heavy atom. The van der Waals surface area contributed by atoms with Crippen LogP contribution in [0.25, 0.3) is 0 Å². The average Bonchev–Trinajstić information content (AvgIpc) is 2.65. The van der Waals surface area contributed by atoms with Gasteiger partial charge in [-0.15, -0.1) is 0 Å². The van der Waals surface area contributed by atoms with Crippen LogP contribution in [0.2, 0.25) is 0 Å². The maximum Gasteiger partial charge on any atom is 0.0123 e. The van der Waals surface area contributed by atoms with Crippen molar-refractivity contribution >= 4 is 0 Å². The SMILES string of the molecule is C1=CC2CC3Cc4ccccc4C(c4ccccc4)C3CC2C=C1. The number of hydrogen-bond donors (Lipinski definition) is 0. The van der Waals surface area contributed by atoms with Crippen molar-refractivity contribution in [3.8, 4) is 0 Å². The molecule has 0 aliphatic heterocycles. The minimum absolute atomic E-state index is 0.571. The molecule has 24 heavy (non-hydrogen) atoms. The lowest BCUT2D eigenvalue weighted by atomic mass is 9.57. The maximum atomic E-state index is 2.46. The third-order valence-electron chi connectivity index (χ3n) is 6.56. The van der Waals surface area contributed by atoms with Crippen molar-refractivity contribution < 1.29 is 0 Å². The number of rotatable bonds is 1. The molecule has 1 saturated carbocycles. The minimum Gasteiger partial charge on any atom is -0.0808 e. The Kier molecular flexibility index (Phi) is 3.43. The van der Waals surface area contributed by atoms with Gasteiger partial charge in [0, 0.05) is 5.92 Å². The second-order valence-corrected chi connectivity index (χ2v) is 7.78. The lowest BCUT2D eigenvalue weighted by molar-refractivity contribution is 0.136. The Bertz CT molecular complexity index is 783. The summed E-state index contributed by atoms with van der Waals surface area (Å²) in [5.41, 5.74) is 4.67. The van der Waals surface area contributed by atoms with Crippen molar-refractivity contribution in [1.29, 1.82) is 0 Å². The number of allylic oxidation sites excluding steroid dienone is 4. The van der Waals surface area contributed by atoms with Gasteiger partial charge in [-0.1, -0.05) is 78.9 Å². The van der Waals surface area contributed by atoms with E-state index in [4.69, 9.17) is 0 Å². The number of benzene rings is 2. The summed E-state index contributed by atoms with van der Waals surface area (Å²) in [7, 11) is 0. The first-order chi connectivity index (χ1) is 11.9. The summed E-state index contributed by atoms with van der Waals surface area (Å²) >= 11 is 0. The first-order valence-electron chi connectivity index (χ1n) is 9.38. The summed E-state index contributed by atoms with van der Waals surface area (Å²) in [5.74, 6) is 3.68. The molecule has 0 amide bonds. The summed E-state index contributed by atoms with van der Waals surface area (Å²) in [6.07, 6.45) is 13.4. The van der Waals surface area contributed by atoms with Crippen molar-refractivity contribution in [3.05, 3.63) is 95.6 Å². The highest BCUT2D eigenvalue weighted by Gasteiger charge is 2.43. The van der Waals surface area contributed by atoms with E-state index in [9.17, 15) is 0 Å². The number of fused-ring (bicyclic) bond motifs is 3. The molecule has 2 aromatic rings. The highest BCUT2D eigenvalue weighted by Crippen LogP contribution is 2.53. The van der Waals surface area contributed by atoms with Crippen LogP contribution in [-0.4, -0.2) is 0 Å². The van der Waals surface area contributed by atoms with E-state index in [2.05, 4.69) is 78.9 Å². The van der Waals surface area contributed by atoms with Crippen LogP contribution in [0, 0.1) is 23.7 Å². The first kappa shape index (κ1) is 14.3. The quantitative estimate of drug-likeness (QED) is 0.628. The Labute approximate surface area is 144 Å². The molecular formula is C24H24. The van der Waals surface area contributed by atoms with Gasteiger partial charge in [-0.3, -0.25) is 0 Å². The molecule has 0 radical (unpaired) electrons. The molecule has 2 aromatic carbocycles. The molecule has 1 fully saturated rings. The Hall–Kier alpha value is -2.08. The first-order valence-corrected chi connectivity index (χ1v) is 9.38. The average molecular weight is 312 g/mol. The van der Waals surface area contributed by atoms with Gasteiger partial charge in [0.1, 0.15) is 0 Å². The van der Waals surface area contributed by atoms with Gasteiger partial charge in [0.15, 0.2) is 0 Å².